The topological polar surface area (TPSA) is 81.2 Å². The van der Waals surface area contributed by atoms with Crippen LogP contribution in [-0.2, 0) is 11.2 Å². The smallest absolute Gasteiger partial charge is 0.267 e. The molecular formula is C22H24N4O2. The molecule has 0 atom stereocenters. The van der Waals surface area contributed by atoms with Gasteiger partial charge in [0.2, 0.25) is 0 Å². The number of fused-ring (bicyclic) bond motifs is 1. The summed E-state index contributed by atoms with van der Waals surface area (Å²) in [5.41, 5.74) is 6.94. The summed E-state index contributed by atoms with van der Waals surface area (Å²) in [6, 6.07) is 14.4. The fourth-order valence-corrected chi connectivity index (χ4v) is 3.63. The number of hydrogen-bond acceptors (Lipinski definition) is 4. The molecule has 1 saturated heterocycles. The van der Waals surface area contributed by atoms with E-state index in [2.05, 4.69) is 28.1 Å². The normalized spacial score (nSPS) is 14.7. The van der Waals surface area contributed by atoms with Gasteiger partial charge >= 0.3 is 0 Å². The Morgan fingerprint density at radius 3 is 2.68 bits per heavy atom. The number of hydrogen-bond donors (Lipinski definition) is 3. The highest BCUT2D eigenvalue weighted by Crippen LogP contribution is 2.24. The Kier molecular flexibility index (Phi) is 5.39. The molecule has 0 spiro atoms. The van der Waals surface area contributed by atoms with Crippen molar-refractivity contribution in [2.45, 2.75) is 25.7 Å². The number of carbonyl (C=O) groups is 1. The Balaban J connectivity index is 1.47. The van der Waals surface area contributed by atoms with Crippen molar-refractivity contribution in [2.24, 2.45) is 0 Å². The molecule has 0 saturated carbocycles. The lowest BCUT2D eigenvalue weighted by atomic mass is 10.1. The highest BCUT2D eigenvalue weighted by atomic mass is 16.5. The minimum Gasteiger partial charge on any atom is -0.371 e. The molecule has 1 fully saturated rings. The summed E-state index contributed by atoms with van der Waals surface area (Å²) in [5, 5.41) is 8.51. The number of carbonyl (C=O) groups excluding carboxylic acids is 1. The van der Waals surface area contributed by atoms with Gasteiger partial charge in [0.05, 0.1) is 11.0 Å². The van der Waals surface area contributed by atoms with E-state index < -0.39 is 5.91 Å². The van der Waals surface area contributed by atoms with Gasteiger partial charge in [-0.05, 0) is 54.7 Å². The maximum Gasteiger partial charge on any atom is 0.267 e. The summed E-state index contributed by atoms with van der Waals surface area (Å²) in [6.07, 6.45) is 7.52. The SMILES string of the molecule is O=C(C=Cc1ccc(Cc2nc3ccc(N4CCCCC4)cc3[nH]2)cc1)NO. The molecule has 4 rings (SSSR count). The van der Waals surface area contributed by atoms with E-state index in [1.54, 1.807) is 11.6 Å². The van der Waals surface area contributed by atoms with Crippen LogP contribution in [-0.4, -0.2) is 34.2 Å². The van der Waals surface area contributed by atoms with Crippen molar-refractivity contribution < 1.29 is 10.0 Å². The van der Waals surface area contributed by atoms with Crippen molar-refractivity contribution >= 4 is 28.7 Å². The number of nitrogens with one attached hydrogen (secondary N) is 2. The van der Waals surface area contributed by atoms with Crippen molar-refractivity contribution in [3.05, 3.63) is 65.5 Å². The fraction of sp³-hybridized carbons (Fsp3) is 0.273. The molecule has 6 heteroatoms. The van der Waals surface area contributed by atoms with Crippen molar-refractivity contribution in [1.82, 2.24) is 15.4 Å². The summed E-state index contributed by atoms with van der Waals surface area (Å²) in [7, 11) is 0. The average Bonchev–Trinajstić information content (AvgIpc) is 3.15. The van der Waals surface area contributed by atoms with E-state index in [1.165, 1.54) is 31.0 Å². The maximum absolute atomic E-state index is 11.0. The van der Waals surface area contributed by atoms with Crippen LogP contribution in [0.15, 0.2) is 48.5 Å². The monoisotopic (exact) mass is 376 g/mol. The number of aromatic nitrogens is 2. The van der Waals surface area contributed by atoms with Crippen LogP contribution in [0, 0.1) is 0 Å². The molecule has 0 bridgehead atoms. The first kappa shape index (κ1) is 18.3. The predicted octanol–water partition coefficient (Wildman–Crippen LogP) is 3.66. The van der Waals surface area contributed by atoms with Gasteiger partial charge in [-0.1, -0.05) is 24.3 Å². The van der Waals surface area contributed by atoms with E-state index in [0.29, 0.717) is 0 Å². The van der Waals surface area contributed by atoms with E-state index in [0.717, 1.165) is 47.5 Å². The second-order valence-electron chi connectivity index (χ2n) is 7.16. The Morgan fingerprint density at radius 2 is 1.93 bits per heavy atom. The van der Waals surface area contributed by atoms with Crippen molar-refractivity contribution in [2.75, 3.05) is 18.0 Å². The van der Waals surface area contributed by atoms with E-state index in [-0.39, 0.29) is 0 Å². The Bertz CT molecular complexity index is 985. The lowest BCUT2D eigenvalue weighted by molar-refractivity contribution is -0.124. The van der Waals surface area contributed by atoms with Crippen LogP contribution in [0.4, 0.5) is 5.69 Å². The molecule has 2 aromatic carbocycles. The molecule has 1 aliphatic heterocycles. The Labute approximate surface area is 163 Å². The molecular weight excluding hydrogens is 352 g/mol. The number of rotatable bonds is 5. The third-order valence-corrected chi connectivity index (χ3v) is 5.12. The molecule has 1 aliphatic rings. The zero-order valence-corrected chi connectivity index (χ0v) is 15.7. The summed E-state index contributed by atoms with van der Waals surface area (Å²) in [6.45, 7) is 2.26. The van der Waals surface area contributed by atoms with Gasteiger partial charge < -0.3 is 9.88 Å². The number of anilines is 1. The van der Waals surface area contributed by atoms with Crippen molar-refractivity contribution in [3.63, 3.8) is 0 Å². The number of imidazole rings is 1. The molecule has 3 aromatic rings. The van der Waals surface area contributed by atoms with Gasteiger partial charge in [0.15, 0.2) is 0 Å². The number of piperidine rings is 1. The molecule has 3 N–H and O–H groups in total. The summed E-state index contributed by atoms with van der Waals surface area (Å²) in [5.74, 6) is 0.393. The molecule has 28 heavy (non-hydrogen) atoms. The first-order valence-electron chi connectivity index (χ1n) is 9.66. The van der Waals surface area contributed by atoms with E-state index in [9.17, 15) is 4.79 Å². The quantitative estimate of drug-likeness (QED) is 0.361. The third kappa shape index (κ3) is 4.23. The third-order valence-electron chi connectivity index (χ3n) is 5.12. The highest BCUT2D eigenvalue weighted by molar-refractivity contribution is 5.90. The molecule has 6 nitrogen and oxygen atoms in total. The molecule has 0 unspecified atom stereocenters. The summed E-state index contributed by atoms with van der Waals surface area (Å²) in [4.78, 5) is 21.7. The Morgan fingerprint density at radius 1 is 1.14 bits per heavy atom. The summed E-state index contributed by atoms with van der Waals surface area (Å²) >= 11 is 0. The molecule has 1 aromatic heterocycles. The van der Waals surface area contributed by atoms with Crippen LogP contribution in [0.3, 0.4) is 0 Å². The van der Waals surface area contributed by atoms with Gasteiger partial charge in [-0.15, -0.1) is 0 Å². The van der Waals surface area contributed by atoms with Crippen LogP contribution in [0.2, 0.25) is 0 Å². The fourth-order valence-electron chi connectivity index (χ4n) is 3.63. The lowest BCUT2D eigenvalue weighted by Crippen LogP contribution is -2.29. The van der Waals surface area contributed by atoms with Crippen LogP contribution < -0.4 is 10.4 Å². The number of H-pyrrole nitrogens is 1. The second-order valence-corrected chi connectivity index (χ2v) is 7.16. The van der Waals surface area contributed by atoms with E-state index in [1.807, 2.05) is 24.3 Å². The standard InChI is InChI=1S/C22H24N4O2/c27-22(25-28)11-8-16-4-6-17(7-5-16)14-21-23-19-10-9-18(15-20(19)24-21)26-12-2-1-3-13-26/h4-11,15,28H,1-3,12-14H2,(H,23,24)(H,25,27). The minimum absolute atomic E-state index is 0.546. The number of aromatic amines is 1. The zero-order valence-electron chi connectivity index (χ0n) is 15.7. The minimum atomic E-state index is -0.546. The number of nitrogens with zero attached hydrogens (tertiary/aromatic N) is 2. The maximum atomic E-state index is 11.0. The van der Waals surface area contributed by atoms with Crippen LogP contribution in [0.5, 0.6) is 0 Å². The van der Waals surface area contributed by atoms with Gasteiger partial charge in [0.1, 0.15) is 5.82 Å². The zero-order chi connectivity index (χ0) is 19.3. The molecule has 144 valence electrons. The number of hydroxylamine groups is 1. The van der Waals surface area contributed by atoms with Gasteiger partial charge in [0, 0.05) is 31.3 Å². The highest BCUT2D eigenvalue weighted by Gasteiger charge is 2.12. The van der Waals surface area contributed by atoms with Gasteiger partial charge in [0.25, 0.3) is 5.91 Å². The summed E-state index contributed by atoms with van der Waals surface area (Å²) < 4.78 is 0. The van der Waals surface area contributed by atoms with Crippen molar-refractivity contribution in [1.29, 1.82) is 0 Å². The van der Waals surface area contributed by atoms with Crippen LogP contribution in [0.1, 0.15) is 36.2 Å². The van der Waals surface area contributed by atoms with Gasteiger partial charge in [-0.2, -0.15) is 0 Å². The molecule has 1 amide bonds. The second kappa shape index (κ2) is 8.27. The van der Waals surface area contributed by atoms with Crippen LogP contribution in [0.25, 0.3) is 17.1 Å². The average molecular weight is 376 g/mol. The van der Waals surface area contributed by atoms with E-state index >= 15 is 0 Å². The lowest BCUT2D eigenvalue weighted by Gasteiger charge is -2.28. The van der Waals surface area contributed by atoms with Crippen LogP contribution >= 0.6 is 0 Å². The number of benzene rings is 2. The van der Waals surface area contributed by atoms with Crippen molar-refractivity contribution in [3.8, 4) is 0 Å². The molecule has 0 aliphatic carbocycles. The molecule has 2 heterocycles. The van der Waals surface area contributed by atoms with Gasteiger partial charge in [-0.25, -0.2) is 10.5 Å². The first-order valence-corrected chi connectivity index (χ1v) is 9.66. The van der Waals surface area contributed by atoms with Gasteiger partial charge in [-0.3, -0.25) is 10.0 Å². The predicted molar refractivity (Wildman–Crippen MR) is 110 cm³/mol. The van der Waals surface area contributed by atoms with E-state index in [4.69, 9.17) is 10.2 Å². The Hall–Kier alpha value is -3.12. The number of amides is 1. The molecule has 0 radical (unpaired) electrons. The largest absolute Gasteiger partial charge is 0.371 e. The first-order chi connectivity index (χ1) is 13.7.